The molecular formula is C47H53NO5S. The average molecular weight is 744 g/mol. The Hall–Kier alpha value is -5.14. The summed E-state index contributed by atoms with van der Waals surface area (Å²) >= 11 is 1.30. The van der Waals surface area contributed by atoms with Gasteiger partial charge in [0.05, 0.1) is 20.3 Å². The number of methoxy groups -OCH3 is 1. The monoisotopic (exact) mass is 743 g/mol. The van der Waals surface area contributed by atoms with Crippen molar-refractivity contribution in [3.05, 3.63) is 125 Å². The van der Waals surface area contributed by atoms with E-state index in [1.54, 1.807) is 12.1 Å². The molecule has 5 rings (SSSR count). The fraction of sp³-hybridized carbons (Fsp3) is 0.319. The number of carbonyl (C=O) groups is 2. The number of carbonyl (C=O) groups excluding carboxylic acids is 2. The van der Waals surface area contributed by atoms with E-state index in [4.69, 9.17) is 14.2 Å². The van der Waals surface area contributed by atoms with Crippen LogP contribution < -0.4 is 14.8 Å². The summed E-state index contributed by atoms with van der Waals surface area (Å²) in [6.45, 7) is 5.92. The number of amides is 1. The van der Waals surface area contributed by atoms with Gasteiger partial charge in [0.1, 0.15) is 22.1 Å². The molecule has 0 spiro atoms. The third kappa shape index (κ3) is 11.9. The van der Waals surface area contributed by atoms with Crippen molar-refractivity contribution in [3.63, 3.8) is 0 Å². The number of nitrogens with one attached hydrogen (secondary N) is 1. The Labute approximate surface area is 325 Å². The minimum absolute atomic E-state index is 0.302. The van der Waals surface area contributed by atoms with Gasteiger partial charge in [0.2, 0.25) is 0 Å². The predicted molar refractivity (Wildman–Crippen MR) is 225 cm³/mol. The standard InChI is InChI=1S/C47H53NO5S/c1-4-6-8-10-11-13-33-52-41-28-18-36(19-29-41)15-14-35-16-20-40(21-17-35)45(49)48-46-44(47(50)51-3)43(34-54-46)39-24-22-37(23-25-39)38-26-30-42(31-27-38)53-32-12-9-7-5-2/h14-31,34H,4-13,32-33H2,1-3H3,(H,48,49)/b15-14+. The second-order valence-electron chi connectivity index (χ2n) is 13.5. The van der Waals surface area contributed by atoms with Crippen molar-refractivity contribution >= 4 is 40.4 Å². The van der Waals surface area contributed by atoms with Gasteiger partial charge in [-0.3, -0.25) is 4.79 Å². The summed E-state index contributed by atoms with van der Waals surface area (Å²) in [7, 11) is 1.35. The third-order valence-electron chi connectivity index (χ3n) is 9.35. The number of ether oxygens (including phenoxy) is 3. The predicted octanol–water partition coefficient (Wildman–Crippen LogP) is 13.0. The van der Waals surface area contributed by atoms with Crippen LogP contribution in [0.5, 0.6) is 11.5 Å². The molecule has 0 atom stereocenters. The van der Waals surface area contributed by atoms with E-state index in [-0.39, 0.29) is 5.91 Å². The topological polar surface area (TPSA) is 73.9 Å². The van der Waals surface area contributed by atoms with E-state index < -0.39 is 5.97 Å². The molecule has 0 aliphatic heterocycles. The van der Waals surface area contributed by atoms with Crippen molar-refractivity contribution < 1.29 is 23.8 Å². The minimum Gasteiger partial charge on any atom is -0.494 e. The lowest BCUT2D eigenvalue weighted by Crippen LogP contribution is -2.14. The zero-order chi connectivity index (χ0) is 38.0. The van der Waals surface area contributed by atoms with Crippen molar-refractivity contribution in [1.82, 2.24) is 0 Å². The maximum absolute atomic E-state index is 13.3. The molecular weight excluding hydrogens is 691 g/mol. The fourth-order valence-electron chi connectivity index (χ4n) is 6.13. The molecule has 1 heterocycles. The van der Waals surface area contributed by atoms with E-state index in [0.29, 0.717) is 21.7 Å². The lowest BCUT2D eigenvalue weighted by molar-refractivity contribution is 0.0603. The minimum atomic E-state index is -0.506. The highest BCUT2D eigenvalue weighted by Crippen LogP contribution is 2.37. The molecule has 1 amide bonds. The highest BCUT2D eigenvalue weighted by molar-refractivity contribution is 7.15. The summed E-state index contributed by atoms with van der Waals surface area (Å²) in [6, 6.07) is 31.6. The highest BCUT2D eigenvalue weighted by atomic mass is 32.1. The molecule has 0 saturated heterocycles. The first-order valence-corrected chi connectivity index (χ1v) is 20.2. The maximum Gasteiger partial charge on any atom is 0.341 e. The van der Waals surface area contributed by atoms with Crippen molar-refractivity contribution in [2.24, 2.45) is 0 Å². The molecule has 1 aromatic heterocycles. The molecule has 7 heteroatoms. The summed E-state index contributed by atoms with van der Waals surface area (Å²) in [6.07, 6.45) is 16.2. The zero-order valence-electron chi connectivity index (χ0n) is 31.9. The van der Waals surface area contributed by atoms with E-state index in [2.05, 4.69) is 31.3 Å². The summed E-state index contributed by atoms with van der Waals surface area (Å²) < 4.78 is 17.0. The van der Waals surface area contributed by atoms with Crippen LogP contribution in [0.25, 0.3) is 34.4 Å². The molecule has 0 aliphatic carbocycles. The Kier molecular flexibility index (Phi) is 16.0. The number of benzene rings is 4. The molecule has 0 bridgehead atoms. The maximum atomic E-state index is 13.3. The Balaban J connectivity index is 1.16. The molecule has 4 aromatic carbocycles. The second kappa shape index (κ2) is 21.5. The molecule has 1 N–H and O–H groups in total. The smallest absolute Gasteiger partial charge is 0.341 e. The van der Waals surface area contributed by atoms with E-state index in [1.807, 2.05) is 90.3 Å². The molecule has 282 valence electrons. The van der Waals surface area contributed by atoms with Gasteiger partial charge in [-0.05, 0) is 77.1 Å². The van der Waals surface area contributed by atoms with Gasteiger partial charge >= 0.3 is 5.97 Å². The molecule has 0 saturated carbocycles. The summed E-state index contributed by atoms with van der Waals surface area (Å²) in [4.78, 5) is 26.3. The first kappa shape index (κ1) is 40.1. The molecule has 54 heavy (non-hydrogen) atoms. The molecule has 5 aromatic rings. The van der Waals surface area contributed by atoms with Crippen LogP contribution in [0.3, 0.4) is 0 Å². The van der Waals surface area contributed by atoms with Crippen molar-refractivity contribution in [3.8, 4) is 33.8 Å². The summed E-state index contributed by atoms with van der Waals surface area (Å²) in [5, 5.41) is 5.27. The van der Waals surface area contributed by atoms with Crippen molar-refractivity contribution in [2.45, 2.75) is 78.1 Å². The second-order valence-corrected chi connectivity index (χ2v) is 14.3. The van der Waals surface area contributed by atoms with Gasteiger partial charge in [0.15, 0.2) is 0 Å². The number of hydrogen-bond acceptors (Lipinski definition) is 6. The Morgan fingerprint density at radius 3 is 1.61 bits per heavy atom. The fourth-order valence-corrected chi connectivity index (χ4v) is 7.09. The first-order chi connectivity index (χ1) is 26.5. The van der Waals surface area contributed by atoms with Crippen LogP contribution in [0.15, 0.2) is 102 Å². The van der Waals surface area contributed by atoms with Crippen LogP contribution in [0.1, 0.15) is 110 Å². The molecule has 0 radical (unpaired) electrons. The number of rotatable bonds is 21. The SMILES string of the molecule is CCCCCCCCOc1ccc(/C=C/c2ccc(C(=O)Nc3scc(-c4ccc(-c5ccc(OCCCCCC)cc5)cc4)c3C(=O)OC)cc2)cc1. The summed E-state index contributed by atoms with van der Waals surface area (Å²) in [5.74, 6) is 0.952. The van der Waals surface area contributed by atoms with Gasteiger partial charge in [-0.25, -0.2) is 4.79 Å². The zero-order valence-corrected chi connectivity index (χ0v) is 32.7. The lowest BCUT2D eigenvalue weighted by atomic mass is 9.99. The quantitative estimate of drug-likeness (QED) is 0.0460. The molecule has 6 nitrogen and oxygen atoms in total. The van der Waals surface area contributed by atoms with Crippen LogP contribution >= 0.6 is 11.3 Å². The van der Waals surface area contributed by atoms with E-state index >= 15 is 0 Å². The van der Waals surface area contributed by atoms with Gasteiger partial charge in [-0.1, -0.05) is 138 Å². The Bertz CT molecular complexity index is 1910. The number of esters is 1. The third-order valence-corrected chi connectivity index (χ3v) is 10.2. The molecule has 0 unspecified atom stereocenters. The number of unbranched alkanes of at least 4 members (excludes halogenated alkanes) is 8. The first-order valence-electron chi connectivity index (χ1n) is 19.3. The number of thiophene rings is 1. The van der Waals surface area contributed by atoms with Crippen LogP contribution in [0.2, 0.25) is 0 Å². The van der Waals surface area contributed by atoms with Crippen molar-refractivity contribution in [1.29, 1.82) is 0 Å². The van der Waals surface area contributed by atoms with E-state index in [0.717, 1.165) is 65.4 Å². The molecule has 0 fully saturated rings. The van der Waals surface area contributed by atoms with Crippen molar-refractivity contribution in [2.75, 3.05) is 25.6 Å². The van der Waals surface area contributed by atoms with E-state index in [1.165, 1.54) is 69.8 Å². The molecule has 0 aliphatic rings. The number of anilines is 1. The van der Waals surface area contributed by atoms with Crippen LogP contribution in [-0.4, -0.2) is 32.2 Å². The van der Waals surface area contributed by atoms with Crippen LogP contribution in [-0.2, 0) is 4.74 Å². The largest absolute Gasteiger partial charge is 0.494 e. The lowest BCUT2D eigenvalue weighted by Gasteiger charge is -2.10. The average Bonchev–Trinajstić information content (AvgIpc) is 3.63. The van der Waals surface area contributed by atoms with Gasteiger partial charge in [0, 0.05) is 16.5 Å². The van der Waals surface area contributed by atoms with E-state index in [9.17, 15) is 9.59 Å². The number of hydrogen-bond donors (Lipinski definition) is 1. The summed E-state index contributed by atoms with van der Waals surface area (Å²) in [5.41, 5.74) is 6.55. The van der Waals surface area contributed by atoms with Gasteiger partial charge in [-0.15, -0.1) is 11.3 Å². The van der Waals surface area contributed by atoms with Gasteiger partial charge < -0.3 is 19.5 Å². The van der Waals surface area contributed by atoms with Crippen LogP contribution in [0.4, 0.5) is 5.00 Å². The Morgan fingerprint density at radius 1 is 0.593 bits per heavy atom. The van der Waals surface area contributed by atoms with Crippen LogP contribution in [0, 0.1) is 0 Å². The normalized spacial score (nSPS) is 11.1. The van der Waals surface area contributed by atoms with Gasteiger partial charge in [-0.2, -0.15) is 0 Å². The van der Waals surface area contributed by atoms with Gasteiger partial charge in [0.25, 0.3) is 5.91 Å². The Morgan fingerprint density at radius 2 is 1.06 bits per heavy atom. The highest BCUT2D eigenvalue weighted by Gasteiger charge is 2.23.